The zero-order valence-electron chi connectivity index (χ0n) is 9.95. The van der Waals surface area contributed by atoms with Crippen molar-refractivity contribution in [1.29, 1.82) is 0 Å². The number of benzene rings is 1. The van der Waals surface area contributed by atoms with Gasteiger partial charge in [-0.1, -0.05) is 13.3 Å². The number of carbonyl (C=O) groups excluding carboxylic acids is 1. The van der Waals surface area contributed by atoms with Gasteiger partial charge in [0.25, 0.3) is 0 Å². The van der Waals surface area contributed by atoms with Crippen molar-refractivity contribution in [2.24, 2.45) is 0 Å². The van der Waals surface area contributed by atoms with E-state index < -0.39 is 0 Å². The van der Waals surface area contributed by atoms with E-state index in [4.69, 9.17) is 4.74 Å². The van der Waals surface area contributed by atoms with Crippen molar-refractivity contribution in [2.45, 2.75) is 26.7 Å². The van der Waals surface area contributed by atoms with Crippen LogP contribution >= 0.6 is 0 Å². The number of rotatable bonds is 6. The maximum atomic E-state index is 11.4. The molecule has 0 saturated carbocycles. The molecule has 0 fully saturated rings. The summed E-state index contributed by atoms with van der Waals surface area (Å²) >= 11 is 0. The molecule has 0 aliphatic heterocycles. The second kappa shape index (κ2) is 6.88. The summed E-state index contributed by atoms with van der Waals surface area (Å²) in [5.74, 6) is -0.261. The Kier molecular flexibility index (Phi) is 5.40. The first kappa shape index (κ1) is 12.6. The van der Waals surface area contributed by atoms with E-state index in [0.29, 0.717) is 12.2 Å². The van der Waals surface area contributed by atoms with Crippen LogP contribution < -0.4 is 5.32 Å². The highest BCUT2D eigenvalue weighted by atomic mass is 16.5. The molecule has 16 heavy (non-hydrogen) atoms. The van der Waals surface area contributed by atoms with Crippen LogP contribution in [-0.2, 0) is 4.74 Å². The molecule has 3 nitrogen and oxygen atoms in total. The minimum absolute atomic E-state index is 0.261. The number of carbonyl (C=O) groups is 1. The lowest BCUT2D eigenvalue weighted by Gasteiger charge is -2.06. The van der Waals surface area contributed by atoms with Crippen LogP contribution in [0.2, 0.25) is 0 Å². The van der Waals surface area contributed by atoms with E-state index in [1.165, 1.54) is 6.42 Å². The molecular formula is C13H19NO2. The Bertz CT molecular complexity index is 319. The number of anilines is 1. The van der Waals surface area contributed by atoms with Crippen LogP contribution in [0.3, 0.4) is 0 Å². The summed E-state index contributed by atoms with van der Waals surface area (Å²) in [4.78, 5) is 11.4. The minimum Gasteiger partial charge on any atom is -0.462 e. The third-order valence-electron chi connectivity index (χ3n) is 2.26. The molecule has 0 saturated heterocycles. The van der Waals surface area contributed by atoms with Gasteiger partial charge in [-0.15, -0.1) is 0 Å². The van der Waals surface area contributed by atoms with Gasteiger partial charge in [0, 0.05) is 12.2 Å². The van der Waals surface area contributed by atoms with Crippen LogP contribution in [-0.4, -0.2) is 19.1 Å². The van der Waals surface area contributed by atoms with Crippen molar-refractivity contribution >= 4 is 11.7 Å². The smallest absolute Gasteiger partial charge is 0.338 e. The Morgan fingerprint density at radius 3 is 2.50 bits per heavy atom. The molecule has 3 heteroatoms. The quantitative estimate of drug-likeness (QED) is 0.592. The van der Waals surface area contributed by atoms with Gasteiger partial charge >= 0.3 is 5.97 Å². The molecule has 88 valence electrons. The van der Waals surface area contributed by atoms with E-state index in [9.17, 15) is 4.79 Å². The summed E-state index contributed by atoms with van der Waals surface area (Å²) in [6.45, 7) is 5.34. The summed E-state index contributed by atoms with van der Waals surface area (Å²) in [5.41, 5.74) is 1.64. The fraction of sp³-hybridized carbons (Fsp3) is 0.462. The number of ether oxygens (including phenoxy) is 1. The fourth-order valence-corrected chi connectivity index (χ4v) is 1.35. The summed E-state index contributed by atoms with van der Waals surface area (Å²) in [6, 6.07) is 7.38. The number of unbranched alkanes of at least 4 members (excludes halogenated alkanes) is 1. The van der Waals surface area contributed by atoms with Crippen molar-refractivity contribution in [1.82, 2.24) is 0 Å². The molecule has 0 radical (unpaired) electrons. The molecule has 0 aromatic heterocycles. The second-order valence-electron chi connectivity index (χ2n) is 3.58. The molecule has 0 atom stereocenters. The fourth-order valence-electron chi connectivity index (χ4n) is 1.35. The highest BCUT2D eigenvalue weighted by molar-refractivity contribution is 5.89. The van der Waals surface area contributed by atoms with E-state index in [1.807, 2.05) is 12.1 Å². The van der Waals surface area contributed by atoms with Crippen molar-refractivity contribution in [3.8, 4) is 0 Å². The average Bonchev–Trinajstić information content (AvgIpc) is 2.30. The molecule has 0 aliphatic carbocycles. The maximum Gasteiger partial charge on any atom is 0.338 e. The number of hydrogen-bond donors (Lipinski definition) is 1. The Morgan fingerprint density at radius 1 is 1.25 bits per heavy atom. The van der Waals surface area contributed by atoms with E-state index in [0.717, 1.165) is 18.7 Å². The summed E-state index contributed by atoms with van der Waals surface area (Å²) in [6.07, 6.45) is 2.33. The lowest BCUT2D eigenvalue weighted by molar-refractivity contribution is 0.0526. The predicted molar refractivity (Wildman–Crippen MR) is 65.8 cm³/mol. The molecule has 0 amide bonds. The van der Waals surface area contributed by atoms with Crippen LogP contribution in [0.1, 0.15) is 37.0 Å². The van der Waals surface area contributed by atoms with Gasteiger partial charge in [0.05, 0.1) is 12.2 Å². The largest absolute Gasteiger partial charge is 0.462 e. The van der Waals surface area contributed by atoms with Crippen LogP contribution in [0.15, 0.2) is 24.3 Å². The van der Waals surface area contributed by atoms with Gasteiger partial charge in [-0.3, -0.25) is 0 Å². The standard InChI is InChI=1S/C13H19NO2/c1-3-5-10-14-12-8-6-11(7-9-12)13(15)16-4-2/h6-9,14H,3-5,10H2,1-2H3. The predicted octanol–water partition coefficient (Wildman–Crippen LogP) is 3.08. The van der Waals surface area contributed by atoms with E-state index in [1.54, 1.807) is 19.1 Å². The normalized spacial score (nSPS) is 9.88. The first-order chi connectivity index (χ1) is 7.77. The molecule has 0 aliphatic rings. The SMILES string of the molecule is CCCCNc1ccc(C(=O)OCC)cc1. The van der Waals surface area contributed by atoms with Crippen LogP contribution in [0.25, 0.3) is 0 Å². The van der Waals surface area contributed by atoms with Crippen molar-refractivity contribution in [2.75, 3.05) is 18.5 Å². The molecule has 0 bridgehead atoms. The van der Waals surface area contributed by atoms with Crippen LogP contribution in [0.5, 0.6) is 0 Å². The Balaban J connectivity index is 2.50. The molecule has 1 aromatic carbocycles. The third-order valence-corrected chi connectivity index (χ3v) is 2.26. The summed E-state index contributed by atoms with van der Waals surface area (Å²) < 4.78 is 4.91. The number of esters is 1. The zero-order chi connectivity index (χ0) is 11.8. The molecule has 0 heterocycles. The first-order valence-corrected chi connectivity index (χ1v) is 5.79. The first-order valence-electron chi connectivity index (χ1n) is 5.79. The average molecular weight is 221 g/mol. The van der Waals surface area contributed by atoms with Gasteiger partial charge < -0.3 is 10.1 Å². The van der Waals surface area contributed by atoms with Crippen LogP contribution in [0.4, 0.5) is 5.69 Å². The monoisotopic (exact) mass is 221 g/mol. The molecule has 0 unspecified atom stereocenters. The topological polar surface area (TPSA) is 38.3 Å². The Hall–Kier alpha value is -1.51. The summed E-state index contributed by atoms with van der Waals surface area (Å²) in [7, 11) is 0. The van der Waals surface area contributed by atoms with Gasteiger partial charge in [-0.25, -0.2) is 4.79 Å². The van der Waals surface area contributed by atoms with Gasteiger partial charge in [-0.05, 0) is 37.6 Å². The lowest BCUT2D eigenvalue weighted by Crippen LogP contribution is -2.05. The van der Waals surface area contributed by atoms with Crippen molar-refractivity contribution < 1.29 is 9.53 Å². The van der Waals surface area contributed by atoms with E-state index in [-0.39, 0.29) is 5.97 Å². The summed E-state index contributed by atoms with van der Waals surface area (Å²) in [5, 5.41) is 3.29. The molecular weight excluding hydrogens is 202 g/mol. The van der Waals surface area contributed by atoms with Crippen LogP contribution in [0, 0.1) is 0 Å². The van der Waals surface area contributed by atoms with Gasteiger partial charge in [0.2, 0.25) is 0 Å². The molecule has 1 aromatic rings. The highest BCUT2D eigenvalue weighted by Crippen LogP contribution is 2.10. The zero-order valence-corrected chi connectivity index (χ0v) is 9.95. The van der Waals surface area contributed by atoms with Crippen molar-refractivity contribution in [3.63, 3.8) is 0 Å². The van der Waals surface area contributed by atoms with E-state index >= 15 is 0 Å². The van der Waals surface area contributed by atoms with E-state index in [2.05, 4.69) is 12.2 Å². The molecule has 1 rings (SSSR count). The lowest BCUT2D eigenvalue weighted by atomic mass is 10.2. The van der Waals surface area contributed by atoms with Gasteiger partial charge in [-0.2, -0.15) is 0 Å². The van der Waals surface area contributed by atoms with Gasteiger partial charge in [0.1, 0.15) is 0 Å². The minimum atomic E-state index is -0.261. The number of nitrogens with one attached hydrogen (secondary N) is 1. The molecule has 1 N–H and O–H groups in total. The highest BCUT2D eigenvalue weighted by Gasteiger charge is 2.04. The number of hydrogen-bond acceptors (Lipinski definition) is 3. The maximum absolute atomic E-state index is 11.4. The Labute approximate surface area is 96.8 Å². The van der Waals surface area contributed by atoms with Gasteiger partial charge in [0.15, 0.2) is 0 Å². The third kappa shape index (κ3) is 3.93. The Morgan fingerprint density at radius 2 is 1.94 bits per heavy atom. The second-order valence-corrected chi connectivity index (χ2v) is 3.58. The molecule has 0 spiro atoms. The van der Waals surface area contributed by atoms with Crippen molar-refractivity contribution in [3.05, 3.63) is 29.8 Å².